The maximum absolute atomic E-state index is 3.48. The minimum absolute atomic E-state index is 0.649. The van der Waals surface area contributed by atoms with Gasteiger partial charge in [-0.3, -0.25) is 4.90 Å². The molecule has 90 valence electrons. The number of hydrogen-bond donors (Lipinski definition) is 1. The molecule has 1 saturated heterocycles. The van der Waals surface area contributed by atoms with Crippen LogP contribution in [0.25, 0.3) is 0 Å². The van der Waals surface area contributed by atoms with Crippen molar-refractivity contribution in [2.45, 2.75) is 45.8 Å². The van der Waals surface area contributed by atoms with Gasteiger partial charge in [0.05, 0.1) is 0 Å². The smallest absolute Gasteiger partial charge is 0.0334 e. The Morgan fingerprint density at radius 3 is 2.44 bits per heavy atom. The van der Waals surface area contributed by atoms with E-state index in [1.807, 2.05) is 11.3 Å². The fourth-order valence-electron chi connectivity index (χ4n) is 2.36. The first-order valence-electron chi connectivity index (χ1n) is 6.24. The van der Waals surface area contributed by atoms with Gasteiger partial charge in [0, 0.05) is 41.5 Å². The van der Waals surface area contributed by atoms with Gasteiger partial charge in [0.15, 0.2) is 0 Å². The van der Waals surface area contributed by atoms with Crippen LogP contribution in [0.1, 0.15) is 30.5 Å². The molecule has 1 aliphatic rings. The van der Waals surface area contributed by atoms with Crippen LogP contribution in [0.5, 0.6) is 0 Å². The topological polar surface area (TPSA) is 15.3 Å². The van der Waals surface area contributed by atoms with Crippen LogP contribution in [-0.2, 0) is 13.0 Å². The lowest BCUT2D eigenvalue weighted by atomic mass is 10.1. The van der Waals surface area contributed by atoms with Crippen LogP contribution in [0, 0.1) is 0 Å². The summed E-state index contributed by atoms with van der Waals surface area (Å²) in [5.41, 5.74) is 0. The number of aryl methyl sites for hydroxylation is 1. The molecule has 1 aromatic rings. The number of nitrogens with one attached hydrogen (secondary N) is 1. The molecule has 16 heavy (non-hydrogen) atoms. The molecule has 2 rings (SSSR count). The second-order valence-corrected chi connectivity index (χ2v) is 6.00. The zero-order valence-electron chi connectivity index (χ0n) is 10.5. The third-order valence-electron chi connectivity index (χ3n) is 3.42. The molecule has 0 amide bonds. The van der Waals surface area contributed by atoms with Crippen LogP contribution >= 0.6 is 11.3 Å². The van der Waals surface area contributed by atoms with Crippen LogP contribution in [0.3, 0.4) is 0 Å². The number of hydrogen-bond acceptors (Lipinski definition) is 3. The highest BCUT2D eigenvalue weighted by molar-refractivity contribution is 7.11. The number of piperazine rings is 1. The first-order chi connectivity index (χ1) is 7.70. The number of rotatable bonds is 3. The highest BCUT2D eigenvalue weighted by atomic mass is 32.1. The molecule has 2 unspecified atom stereocenters. The average molecular weight is 238 g/mol. The highest BCUT2D eigenvalue weighted by Gasteiger charge is 2.24. The van der Waals surface area contributed by atoms with Crippen molar-refractivity contribution in [3.8, 4) is 0 Å². The summed E-state index contributed by atoms with van der Waals surface area (Å²) in [4.78, 5) is 5.63. The predicted molar refractivity (Wildman–Crippen MR) is 71.0 cm³/mol. The van der Waals surface area contributed by atoms with E-state index in [-0.39, 0.29) is 0 Å². The summed E-state index contributed by atoms with van der Waals surface area (Å²) in [5, 5.41) is 3.48. The van der Waals surface area contributed by atoms with E-state index in [1.165, 1.54) is 9.75 Å². The molecule has 2 heterocycles. The molecule has 3 heteroatoms. The summed E-state index contributed by atoms with van der Waals surface area (Å²) in [6.45, 7) is 10.2. The monoisotopic (exact) mass is 238 g/mol. The molecular formula is C13H22N2S. The Bertz CT molecular complexity index is 324. The fraction of sp³-hybridized carbons (Fsp3) is 0.692. The first-order valence-corrected chi connectivity index (χ1v) is 7.06. The number of nitrogens with zero attached hydrogens (tertiary/aromatic N) is 1. The van der Waals surface area contributed by atoms with Crippen LogP contribution < -0.4 is 5.32 Å². The van der Waals surface area contributed by atoms with Gasteiger partial charge in [-0.25, -0.2) is 0 Å². The molecule has 2 nitrogen and oxygen atoms in total. The summed E-state index contributed by atoms with van der Waals surface area (Å²) in [6, 6.07) is 5.87. The van der Waals surface area contributed by atoms with Gasteiger partial charge in [0.2, 0.25) is 0 Å². The molecule has 1 N–H and O–H groups in total. The maximum Gasteiger partial charge on any atom is 0.0334 e. The van der Waals surface area contributed by atoms with Crippen LogP contribution in [-0.4, -0.2) is 30.1 Å². The summed E-state index contributed by atoms with van der Waals surface area (Å²) in [6.07, 6.45) is 1.16. The Balaban J connectivity index is 2.01. The first kappa shape index (κ1) is 12.1. The van der Waals surface area contributed by atoms with Crippen molar-refractivity contribution in [3.05, 3.63) is 21.9 Å². The third kappa shape index (κ3) is 2.65. The molecule has 2 atom stereocenters. The SMILES string of the molecule is CCc1ccc(CN2C(C)CNCC2C)s1. The lowest BCUT2D eigenvalue weighted by molar-refractivity contribution is 0.110. The molecule has 0 aromatic carbocycles. The van der Waals surface area contributed by atoms with Crippen molar-refractivity contribution in [1.82, 2.24) is 10.2 Å². The molecule has 0 saturated carbocycles. The van der Waals surface area contributed by atoms with Gasteiger partial charge in [-0.2, -0.15) is 0 Å². The summed E-state index contributed by atoms with van der Waals surface area (Å²) >= 11 is 1.97. The molecule has 0 radical (unpaired) electrons. The van der Waals surface area contributed by atoms with Gasteiger partial charge in [0.25, 0.3) is 0 Å². The largest absolute Gasteiger partial charge is 0.314 e. The van der Waals surface area contributed by atoms with E-state index < -0.39 is 0 Å². The van der Waals surface area contributed by atoms with E-state index in [0.717, 1.165) is 26.1 Å². The third-order valence-corrected chi connectivity index (χ3v) is 4.63. The van der Waals surface area contributed by atoms with Gasteiger partial charge in [0.1, 0.15) is 0 Å². The zero-order chi connectivity index (χ0) is 11.5. The number of thiophene rings is 1. The summed E-state index contributed by atoms with van der Waals surface area (Å²) in [5.74, 6) is 0. The van der Waals surface area contributed by atoms with Crippen molar-refractivity contribution < 1.29 is 0 Å². The Kier molecular flexibility index (Phi) is 4.00. The van der Waals surface area contributed by atoms with E-state index >= 15 is 0 Å². The fourth-order valence-corrected chi connectivity index (χ4v) is 3.33. The van der Waals surface area contributed by atoms with E-state index in [0.29, 0.717) is 12.1 Å². The Hall–Kier alpha value is -0.380. The van der Waals surface area contributed by atoms with E-state index in [1.54, 1.807) is 0 Å². The molecule has 0 aliphatic carbocycles. The van der Waals surface area contributed by atoms with Crippen molar-refractivity contribution in [1.29, 1.82) is 0 Å². The minimum atomic E-state index is 0.649. The maximum atomic E-state index is 3.48. The average Bonchev–Trinajstić information content (AvgIpc) is 2.71. The van der Waals surface area contributed by atoms with Gasteiger partial charge < -0.3 is 5.32 Å². The normalized spacial score (nSPS) is 27.2. The van der Waals surface area contributed by atoms with Crippen LogP contribution in [0.4, 0.5) is 0 Å². The molecule has 1 aliphatic heterocycles. The second-order valence-electron chi connectivity index (χ2n) is 4.75. The highest BCUT2D eigenvalue weighted by Crippen LogP contribution is 2.21. The van der Waals surface area contributed by atoms with E-state index in [9.17, 15) is 0 Å². The second kappa shape index (κ2) is 5.30. The van der Waals surface area contributed by atoms with E-state index in [2.05, 4.69) is 43.1 Å². The zero-order valence-corrected chi connectivity index (χ0v) is 11.3. The molecule has 0 spiro atoms. The molecule has 1 fully saturated rings. The minimum Gasteiger partial charge on any atom is -0.314 e. The standard InChI is InChI=1S/C13H22N2S/c1-4-12-5-6-13(16-12)9-15-10(2)7-14-8-11(15)3/h5-6,10-11,14H,4,7-9H2,1-3H3. The van der Waals surface area contributed by atoms with Crippen LogP contribution in [0.2, 0.25) is 0 Å². The Labute approximate surface area is 103 Å². The van der Waals surface area contributed by atoms with Gasteiger partial charge in [-0.15, -0.1) is 11.3 Å². The summed E-state index contributed by atoms with van der Waals surface area (Å²) < 4.78 is 0. The van der Waals surface area contributed by atoms with Crippen LogP contribution in [0.15, 0.2) is 12.1 Å². The van der Waals surface area contributed by atoms with E-state index in [4.69, 9.17) is 0 Å². The predicted octanol–water partition coefficient (Wildman–Crippen LogP) is 2.49. The van der Waals surface area contributed by atoms with Crippen molar-refractivity contribution in [3.63, 3.8) is 0 Å². The quantitative estimate of drug-likeness (QED) is 0.870. The van der Waals surface area contributed by atoms with Crippen molar-refractivity contribution in [2.24, 2.45) is 0 Å². The molecular weight excluding hydrogens is 216 g/mol. The van der Waals surface area contributed by atoms with Gasteiger partial charge in [-0.1, -0.05) is 6.92 Å². The Morgan fingerprint density at radius 2 is 1.88 bits per heavy atom. The lowest BCUT2D eigenvalue weighted by Gasteiger charge is -2.39. The van der Waals surface area contributed by atoms with Crippen molar-refractivity contribution >= 4 is 11.3 Å². The Morgan fingerprint density at radius 1 is 1.25 bits per heavy atom. The molecule has 0 bridgehead atoms. The van der Waals surface area contributed by atoms with Crippen molar-refractivity contribution in [2.75, 3.05) is 13.1 Å². The van der Waals surface area contributed by atoms with Gasteiger partial charge >= 0.3 is 0 Å². The lowest BCUT2D eigenvalue weighted by Crippen LogP contribution is -2.54. The molecule has 1 aromatic heterocycles. The summed E-state index contributed by atoms with van der Waals surface area (Å²) in [7, 11) is 0. The van der Waals surface area contributed by atoms with Gasteiger partial charge in [-0.05, 0) is 32.4 Å².